The van der Waals surface area contributed by atoms with Gasteiger partial charge >= 0.3 is 0 Å². The van der Waals surface area contributed by atoms with Crippen molar-refractivity contribution in [1.29, 1.82) is 0 Å². The predicted octanol–water partition coefficient (Wildman–Crippen LogP) is 4.35. The van der Waals surface area contributed by atoms with E-state index in [0.717, 1.165) is 18.7 Å². The summed E-state index contributed by atoms with van der Waals surface area (Å²) in [5.41, 5.74) is 2.67. The highest BCUT2D eigenvalue weighted by Crippen LogP contribution is 2.43. The molecule has 26 heavy (non-hydrogen) atoms. The van der Waals surface area contributed by atoms with E-state index >= 15 is 0 Å². The van der Waals surface area contributed by atoms with Gasteiger partial charge in [-0.3, -0.25) is 4.79 Å². The summed E-state index contributed by atoms with van der Waals surface area (Å²) in [5.74, 6) is 1.68. The van der Waals surface area contributed by atoms with E-state index in [4.69, 9.17) is 4.52 Å². The van der Waals surface area contributed by atoms with Gasteiger partial charge in [-0.15, -0.1) is 0 Å². The minimum absolute atomic E-state index is 0.0582. The number of benzene rings is 1. The highest BCUT2D eigenvalue weighted by molar-refractivity contribution is 5.76. The van der Waals surface area contributed by atoms with Crippen LogP contribution < -0.4 is 5.32 Å². The van der Waals surface area contributed by atoms with Gasteiger partial charge in [0.05, 0.1) is 6.04 Å². The zero-order chi connectivity index (χ0) is 18.7. The molecule has 1 unspecified atom stereocenters. The largest absolute Gasteiger partial charge is 0.349 e. The molecule has 1 heterocycles. The van der Waals surface area contributed by atoms with Gasteiger partial charge < -0.3 is 9.84 Å². The molecule has 0 saturated carbocycles. The van der Waals surface area contributed by atoms with Gasteiger partial charge in [0, 0.05) is 18.8 Å². The van der Waals surface area contributed by atoms with Crippen LogP contribution in [0.1, 0.15) is 81.8 Å². The van der Waals surface area contributed by atoms with Gasteiger partial charge in [-0.25, -0.2) is 0 Å². The molecule has 1 N–H and O–H groups in total. The third kappa shape index (κ3) is 4.14. The van der Waals surface area contributed by atoms with Crippen LogP contribution in [0.3, 0.4) is 0 Å². The van der Waals surface area contributed by atoms with Crippen molar-refractivity contribution in [3.05, 3.63) is 47.1 Å². The molecule has 0 saturated heterocycles. The quantitative estimate of drug-likeness (QED) is 0.836. The maximum atomic E-state index is 12.5. The molecule has 0 radical (unpaired) electrons. The van der Waals surface area contributed by atoms with Crippen LogP contribution in [0, 0.1) is 5.41 Å². The molecule has 0 spiro atoms. The smallest absolute Gasteiger partial charge is 0.226 e. The number of hydrogen-bond acceptors (Lipinski definition) is 4. The van der Waals surface area contributed by atoms with Crippen molar-refractivity contribution < 1.29 is 9.32 Å². The first-order valence-electron chi connectivity index (χ1n) is 9.56. The number of amides is 1. The summed E-state index contributed by atoms with van der Waals surface area (Å²) in [6.45, 7) is 8.54. The first-order chi connectivity index (χ1) is 12.4. The van der Waals surface area contributed by atoms with Crippen molar-refractivity contribution in [2.24, 2.45) is 5.41 Å². The Balaban J connectivity index is 1.57. The SMILES string of the molecule is CC(C)c1noc(CCCC(=O)NC2c3ccccc3CCC2(C)C)n1. The van der Waals surface area contributed by atoms with Crippen LogP contribution in [-0.4, -0.2) is 16.0 Å². The third-order valence-corrected chi connectivity index (χ3v) is 5.29. The average Bonchev–Trinajstić information content (AvgIpc) is 3.07. The molecule has 0 aliphatic heterocycles. The van der Waals surface area contributed by atoms with Crippen molar-refractivity contribution in [1.82, 2.24) is 15.5 Å². The molecular weight excluding hydrogens is 326 g/mol. The molecule has 5 heteroatoms. The lowest BCUT2D eigenvalue weighted by Gasteiger charge is -2.40. The zero-order valence-corrected chi connectivity index (χ0v) is 16.2. The molecule has 1 amide bonds. The van der Waals surface area contributed by atoms with E-state index in [0.29, 0.717) is 25.2 Å². The van der Waals surface area contributed by atoms with Gasteiger partial charge in [-0.1, -0.05) is 57.1 Å². The summed E-state index contributed by atoms with van der Waals surface area (Å²) in [6.07, 6.45) is 3.96. The Kier molecular flexibility index (Phi) is 5.44. The normalized spacial score (nSPS) is 18.6. The molecule has 140 valence electrons. The number of carbonyl (C=O) groups excluding carboxylic acids is 1. The molecular formula is C21H29N3O2. The zero-order valence-electron chi connectivity index (χ0n) is 16.2. The maximum absolute atomic E-state index is 12.5. The minimum atomic E-state index is 0.0582. The van der Waals surface area contributed by atoms with Crippen LogP contribution in [0.15, 0.2) is 28.8 Å². The van der Waals surface area contributed by atoms with Crippen LogP contribution in [0.4, 0.5) is 0 Å². The van der Waals surface area contributed by atoms with E-state index in [9.17, 15) is 4.79 Å². The van der Waals surface area contributed by atoms with Gasteiger partial charge in [-0.2, -0.15) is 4.98 Å². The minimum Gasteiger partial charge on any atom is -0.349 e. The second kappa shape index (κ2) is 7.60. The number of rotatable bonds is 6. The van der Waals surface area contributed by atoms with Gasteiger partial charge in [-0.05, 0) is 35.8 Å². The first kappa shape index (κ1) is 18.6. The molecule has 1 aliphatic carbocycles. The van der Waals surface area contributed by atoms with Crippen LogP contribution >= 0.6 is 0 Å². The number of fused-ring (bicyclic) bond motifs is 1. The molecule has 3 rings (SSSR count). The van der Waals surface area contributed by atoms with Crippen molar-refractivity contribution >= 4 is 5.91 Å². The molecule has 1 atom stereocenters. The van der Waals surface area contributed by atoms with Crippen molar-refractivity contribution in [3.8, 4) is 0 Å². The number of aromatic nitrogens is 2. The van der Waals surface area contributed by atoms with Crippen LogP contribution in [0.25, 0.3) is 0 Å². The molecule has 2 aromatic rings. The summed E-state index contributed by atoms with van der Waals surface area (Å²) < 4.78 is 5.24. The number of hydrogen-bond donors (Lipinski definition) is 1. The Morgan fingerprint density at radius 3 is 2.85 bits per heavy atom. The number of nitrogens with one attached hydrogen (secondary N) is 1. The monoisotopic (exact) mass is 355 g/mol. The van der Waals surface area contributed by atoms with E-state index in [1.165, 1.54) is 11.1 Å². The van der Waals surface area contributed by atoms with Gasteiger partial charge in [0.2, 0.25) is 11.8 Å². The fourth-order valence-electron chi connectivity index (χ4n) is 3.58. The Morgan fingerprint density at radius 1 is 1.35 bits per heavy atom. The second-order valence-electron chi connectivity index (χ2n) is 8.24. The highest BCUT2D eigenvalue weighted by Gasteiger charge is 2.36. The van der Waals surface area contributed by atoms with Crippen LogP contribution in [-0.2, 0) is 17.6 Å². The summed E-state index contributed by atoms with van der Waals surface area (Å²) in [5, 5.41) is 7.23. The van der Waals surface area contributed by atoms with Crippen LogP contribution in [0.5, 0.6) is 0 Å². The topological polar surface area (TPSA) is 68.0 Å². The van der Waals surface area contributed by atoms with Gasteiger partial charge in [0.15, 0.2) is 5.82 Å². The van der Waals surface area contributed by atoms with E-state index < -0.39 is 0 Å². The molecule has 5 nitrogen and oxygen atoms in total. The lowest BCUT2D eigenvalue weighted by molar-refractivity contribution is -0.123. The predicted molar refractivity (Wildman–Crippen MR) is 101 cm³/mol. The first-order valence-corrected chi connectivity index (χ1v) is 9.56. The van der Waals surface area contributed by atoms with Crippen molar-refractivity contribution in [3.63, 3.8) is 0 Å². The lowest BCUT2D eigenvalue weighted by atomic mass is 9.70. The Hall–Kier alpha value is -2.17. The third-order valence-electron chi connectivity index (χ3n) is 5.29. The van der Waals surface area contributed by atoms with E-state index in [2.05, 4.69) is 53.6 Å². The molecule has 1 aromatic heterocycles. The summed E-state index contributed by atoms with van der Waals surface area (Å²) in [7, 11) is 0. The Morgan fingerprint density at radius 2 is 2.12 bits per heavy atom. The average molecular weight is 355 g/mol. The van der Waals surface area contributed by atoms with Gasteiger partial charge in [0.25, 0.3) is 0 Å². The highest BCUT2D eigenvalue weighted by atomic mass is 16.5. The van der Waals surface area contributed by atoms with Crippen molar-refractivity contribution in [2.45, 2.75) is 71.8 Å². The van der Waals surface area contributed by atoms with Gasteiger partial charge in [0.1, 0.15) is 0 Å². The summed E-state index contributed by atoms with van der Waals surface area (Å²) >= 11 is 0. The second-order valence-corrected chi connectivity index (χ2v) is 8.24. The molecule has 0 fully saturated rings. The fraction of sp³-hybridized carbons (Fsp3) is 0.571. The standard InChI is InChI=1S/C21H29N3O2/c1-14(2)20-23-18(26-24-20)11-7-10-17(25)22-19-16-9-6-5-8-15(16)12-13-21(19,3)4/h5-6,8-9,14,19H,7,10-13H2,1-4H3,(H,22,25). The number of aryl methyl sites for hydroxylation is 2. The summed E-state index contributed by atoms with van der Waals surface area (Å²) in [4.78, 5) is 16.9. The lowest BCUT2D eigenvalue weighted by Crippen LogP contribution is -2.41. The van der Waals surface area contributed by atoms with Crippen molar-refractivity contribution in [2.75, 3.05) is 0 Å². The Bertz CT molecular complexity index is 764. The maximum Gasteiger partial charge on any atom is 0.226 e. The van der Waals surface area contributed by atoms with E-state index in [1.807, 2.05) is 13.8 Å². The summed E-state index contributed by atoms with van der Waals surface area (Å²) in [6, 6.07) is 8.52. The molecule has 1 aliphatic rings. The number of nitrogens with zero attached hydrogens (tertiary/aromatic N) is 2. The molecule has 0 bridgehead atoms. The van der Waals surface area contributed by atoms with E-state index in [-0.39, 0.29) is 23.3 Å². The van der Waals surface area contributed by atoms with E-state index in [1.54, 1.807) is 0 Å². The molecule has 1 aromatic carbocycles. The fourth-order valence-corrected chi connectivity index (χ4v) is 3.58. The van der Waals surface area contributed by atoms with Crippen LogP contribution in [0.2, 0.25) is 0 Å². The number of carbonyl (C=O) groups is 1. The Labute approximate surface area is 155 Å².